The molecule has 2 unspecified atom stereocenters. The van der Waals surface area contributed by atoms with Crippen molar-refractivity contribution < 1.29 is 5.11 Å². The lowest BCUT2D eigenvalue weighted by Gasteiger charge is -2.25. The van der Waals surface area contributed by atoms with Crippen molar-refractivity contribution in [1.29, 1.82) is 0 Å². The van der Waals surface area contributed by atoms with E-state index in [-0.39, 0.29) is 6.17 Å². The first kappa shape index (κ1) is 22.4. The molecular formula is C22H42N2O. The molecule has 0 saturated heterocycles. The van der Waals surface area contributed by atoms with Gasteiger partial charge in [-0.1, -0.05) is 83.3 Å². The number of allylic oxidation sites excluding steroid dienone is 2. The first-order chi connectivity index (χ1) is 12.3. The molecule has 0 fully saturated rings. The minimum absolute atomic E-state index is 0.173. The quantitative estimate of drug-likeness (QED) is 0.271. The Hall–Kier alpha value is -0.670. The van der Waals surface area contributed by atoms with Gasteiger partial charge in [0, 0.05) is 12.8 Å². The van der Waals surface area contributed by atoms with Gasteiger partial charge >= 0.3 is 0 Å². The maximum absolute atomic E-state index is 9.68. The van der Waals surface area contributed by atoms with E-state index in [0.29, 0.717) is 0 Å². The van der Waals surface area contributed by atoms with E-state index in [0.717, 1.165) is 19.4 Å². The number of aliphatic hydroxyl groups excluding tert-OH is 1. The molecule has 25 heavy (non-hydrogen) atoms. The predicted octanol–water partition coefficient (Wildman–Crippen LogP) is 6.07. The lowest BCUT2D eigenvalue weighted by molar-refractivity contribution is 0.00797. The molecule has 0 aromatic rings. The lowest BCUT2D eigenvalue weighted by Crippen LogP contribution is -2.37. The molecule has 3 nitrogen and oxygen atoms in total. The van der Waals surface area contributed by atoms with E-state index in [9.17, 15) is 5.11 Å². The van der Waals surface area contributed by atoms with Crippen molar-refractivity contribution >= 4 is 6.21 Å². The zero-order chi connectivity index (χ0) is 18.2. The minimum Gasteiger partial charge on any atom is -0.379 e. The summed E-state index contributed by atoms with van der Waals surface area (Å²) in [5, 5.41) is 9.68. The lowest BCUT2D eigenvalue weighted by atomic mass is 10.1. The van der Waals surface area contributed by atoms with Crippen LogP contribution in [0.5, 0.6) is 0 Å². The van der Waals surface area contributed by atoms with Crippen LogP contribution in [0.15, 0.2) is 17.1 Å². The van der Waals surface area contributed by atoms with Crippen molar-refractivity contribution in [2.45, 2.75) is 116 Å². The summed E-state index contributed by atoms with van der Waals surface area (Å²) in [7, 11) is 0. The largest absolute Gasteiger partial charge is 0.379 e. The van der Waals surface area contributed by atoms with Crippen LogP contribution in [0.4, 0.5) is 0 Å². The first-order valence-electron chi connectivity index (χ1n) is 10.9. The Morgan fingerprint density at radius 2 is 1.52 bits per heavy atom. The Morgan fingerprint density at radius 1 is 0.960 bits per heavy atom. The topological polar surface area (TPSA) is 35.8 Å². The minimum atomic E-state index is -0.396. The molecule has 0 spiro atoms. The van der Waals surface area contributed by atoms with Crippen molar-refractivity contribution in [3.63, 3.8) is 0 Å². The third-order valence-corrected chi connectivity index (χ3v) is 5.17. The fourth-order valence-corrected chi connectivity index (χ4v) is 3.52. The van der Waals surface area contributed by atoms with Crippen molar-refractivity contribution in [3.05, 3.63) is 12.2 Å². The Labute approximate surface area is 156 Å². The van der Waals surface area contributed by atoms with Crippen molar-refractivity contribution in [2.24, 2.45) is 4.99 Å². The van der Waals surface area contributed by atoms with Gasteiger partial charge in [-0.2, -0.15) is 0 Å². The Bertz CT molecular complexity index is 352. The van der Waals surface area contributed by atoms with Gasteiger partial charge in [-0.15, -0.1) is 0 Å². The van der Waals surface area contributed by atoms with Crippen molar-refractivity contribution in [1.82, 2.24) is 4.90 Å². The van der Waals surface area contributed by atoms with Crippen LogP contribution in [0.1, 0.15) is 104 Å². The maximum atomic E-state index is 9.68. The summed E-state index contributed by atoms with van der Waals surface area (Å²) in [6, 6.07) is 0. The standard InChI is InChI=1S/C22H42N2O/c1-3-4-5-6-7-8-9-10-11-12-13-14-15-16-17-18-22-23-19-20-24(22)21(2)25/h15-16,19,21-22,25H,3-14,17-18,20H2,1-2H3/b16-15+. The summed E-state index contributed by atoms with van der Waals surface area (Å²) in [6.07, 6.45) is 25.1. The second-order valence-electron chi connectivity index (χ2n) is 7.51. The SMILES string of the molecule is CCCCCCCCCCCCC/C=C/CCC1N=CCN1C(C)O. The van der Waals surface area contributed by atoms with Crippen LogP contribution in [-0.4, -0.2) is 35.2 Å². The zero-order valence-electron chi connectivity index (χ0n) is 16.8. The maximum Gasteiger partial charge on any atom is 0.106 e. The smallest absolute Gasteiger partial charge is 0.106 e. The van der Waals surface area contributed by atoms with Crippen molar-refractivity contribution in [2.75, 3.05) is 6.54 Å². The number of aliphatic hydroxyl groups is 1. The van der Waals surface area contributed by atoms with E-state index >= 15 is 0 Å². The molecule has 1 rings (SSSR count). The van der Waals surface area contributed by atoms with E-state index in [1.807, 2.05) is 18.0 Å². The van der Waals surface area contributed by atoms with Crippen LogP contribution >= 0.6 is 0 Å². The van der Waals surface area contributed by atoms with Gasteiger partial charge in [0.05, 0.1) is 0 Å². The number of hydrogen-bond acceptors (Lipinski definition) is 3. The molecule has 0 aromatic carbocycles. The van der Waals surface area contributed by atoms with E-state index < -0.39 is 6.23 Å². The molecule has 1 aliphatic heterocycles. The summed E-state index contributed by atoms with van der Waals surface area (Å²) in [4.78, 5) is 6.49. The number of unbranched alkanes of at least 4 members (excludes halogenated alkanes) is 11. The van der Waals surface area contributed by atoms with Crippen LogP contribution in [0, 0.1) is 0 Å². The number of hydrogen-bond donors (Lipinski definition) is 1. The molecule has 0 bridgehead atoms. The summed E-state index contributed by atoms with van der Waals surface area (Å²) in [5.41, 5.74) is 0. The van der Waals surface area contributed by atoms with Gasteiger partial charge in [-0.05, 0) is 32.6 Å². The molecular weight excluding hydrogens is 308 g/mol. The van der Waals surface area contributed by atoms with Gasteiger partial charge in [-0.25, -0.2) is 0 Å². The molecule has 0 saturated carbocycles. The van der Waals surface area contributed by atoms with E-state index in [1.165, 1.54) is 77.0 Å². The highest BCUT2D eigenvalue weighted by Crippen LogP contribution is 2.16. The number of rotatable bonds is 16. The summed E-state index contributed by atoms with van der Waals surface area (Å²) >= 11 is 0. The van der Waals surface area contributed by atoms with E-state index in [2.05, 4.69) is 24.1 Å². The number of aliphatic imine (C=N–C) groups is 1. The fourth-order valence-electron chi connectivity index (χ4n) is 3.52. The van der Waals surface area contributed by atoms with Crippen molar-refractivity contribution in [3.8, 4) is 0 Å². The average molecular weight is 351 g/mol. The zero-order valence-corrected chi connectivity index (χ0v) is 16.8. The molecule has 0 aliphatic carbocycles. The van der Waals surface area contributed by atoms with Crippen LogP contribution in [0.3, 0.4) is 0 Å². The predicted molar refractivity (Wildman–Crippen MR) is 110 cm³/mol. The highest BCUT2D eigenvalue weighted by Gasteiger charge is 2.23. The number of nitrogens with zero attached hydrogens (tertiary/aromatic N) is 2. The monoisotopic (exact) mass is 350 g/mol. The fraction of sp³-hybridized carbons (Fsp3) is 0.864. The van der Waals surface area contributed by atoms with Gasteiger partial charge in [0.2, 0.25) is 0 Å². The molecule has 3 heteroatoms. The van der Waals surface area contributed by atoms with Gasteiger partial charge in [0.1, 0.15) is 12.4 Å². The second-order valence-corrected chi connectivity index (χ2v) is 7.51. The molecule has 1 N–H and O–H groups in total. The summed E-state index contributed by atoms with van der Waals surface area (Å²) in [5.74, 6) is 0. The molecule has 0 amide bonds. The molecule has 1 heterocycles. The van der Waals surface area contributed by atoms with Crippen LogP contribution < -0.4 is 0 Å². The van der Waals surface area contributed by atoms with Gasteiger partial charge in [0.25, 0.3) is 0 Å². The second kappa shape index (κ2) is 15.6. The van der Waals surface area contributed by atoms with Gasteiger partial charge in [0.15, 0.2) is 0 Å². The average Bonchev–Trinajstić information content (AvgIpc) is 3.07. The summed E-state index contributed by atoms with van der Waals surface area (Å²) < 4.78 is 0. The molecule has 2 atom stereocenters. The van der Waals surface area contributed by atoms with Gasteiger partial charge < -0.3 is 5.11 Å². The van der Waals surface area contributed by atoms with E-state index in [4.69, 9.17) is 0 Å². The normalized spacial score (nSPS) is 19.2. The highest BCUT2D eigenvalue weighted by molar-refractivity contribution is 5.62. The Balaban J connectivity index is 1.83. The first-order valence-corrected chi connectivity index (χ1v) is 10.9. The van der Waals surface area contributed by atoms with Gasteiger partial charge in [-0.3, -0.25) is 9.89 Å². The van der Waals surface area contributed by atoms with Crippen LogP contribution in [0.25, 0.3) is 0 Å². The van der Waals surface area contributed by atoms with E-state index in [1.54, 1.807) is 0 Å². The molecule has 1 aliphatic rings. The summed E-state index contributed by atoms with van der Waals surface area (Å²) in [6.45, 7) is 4.89. The molecule has 0 radical (unpaired) electrons. The third-order valence-electron chi connectivity index (χ3n) is 5.17. The highest BCUT2D eigenvalue weighted by atomic mass is 16.3. The Morgan fingerprint density at radius 3 is 2.12 bits per heavy atom. The third kappa shape index (κ3) is 11.5. The van der Waals surface area contributed by atoms with Crippen LogP contribution in [-0.2, 0) is 0 Å². The van der Waals surface area contributed by atoms with Crippen LogP contribution in [0.2, 0.25) is 0 Å². The molecule has 146 valence electrons. The Kier molecular flexibility index (Phi) is 13.9. The molecule has 0 aromatic heterocycles.